The van der Waals surface area contributed by atoms with Crippen molar-refractivity contribution in [2.75, 3.05) is 39.8 Å². The minimum Gasteiger partial charge on any atom is -0.377 e. The summed E-state index contributed by atoms with van der Waals surface area (Å²) in [7, 11) is 1.88. The normalized spacial score (nSPS) is 22.0. The molecular formula is C19H39IN4O. The third kappa shape index (κ3) is 8.43. The van der Waals surface area contributed by atoms with Gasteiger partial charge >= 0.3 is 0 Å². The minimum absolute atomic E-state index is 0. The highest BCUT2D eigenvalue weighted by Crippen LogP contribution is 2.36. The summed E-state index contributed by atoms with van der Waals surface area (Å²) in [5, 5.41) is 7.19. The highest BCUT2D eigenvalue weighted by atomic mass is 127. The lowest BCUT2D eigenvalue weighted by Crippen LogP contribution is -2.50. The molecule has 2 rings (SSSR count). The molecule has 0 unspecified atom stereocenters. The van der Waals surface area contributed by atoms with Gasteiger partial charge in [0.2, 0.25) is 0 Å². The van der Waals surface area contributed by atoms with E-state index in [1.807, 2.05) is 7.05 Å². The summed E-state index contributed by atoms with van der Waals surface area (Å²) in [5.41, 5.74) is 0.456. The van der Waals surface area contributed by atoms with Crippen molar-refractivity contribution in [3.63, 3.8) is 0 Å². The molecule has 148 valence electrons. The van der Waals surface area contributed by atoms with E-state index < -0.39 is 0 Å². The SMILES string of the molecule is CN=C(NCC1(C)CCCC1)NC1CCN(CCOC(C)C)CC1.I. The maximum absolute atomic E-state index is 5.66. The van der Waals surface area contributed by atoms with E-state index in [0.29, 0.717) is 17.6 Å². The molecule has 0 bridgehead atoms. The van der Waals surface area contributed by atoms with Gasteiger partial charge in [-0.15, -0.1) is 24.0 Å². The zero-order valence-electron chi connectivity index (χ0n) is 16.6. The van der Waals surface area contributed by atoms with Gasteiger partial charge in [0, 0.05) is 39.3 Å². The first-order valence-corrected chi connectivity index (χ1v) is 9.82. The largest absolute Gasteiger partial charge is 0.377 e. The number of rotatable bonds is 7. The number of halogens is 1. The number of ether oxygens (including phenoxy) is 1. The van der Waals surface area contributed by atoms with Crippen LogP contribution in [0.15, 0.2) is 4.99 Å². The third-order valence-corrected chi connectivity index (χ3v) is 5.50. The van der Waals surface area contributed by atoms with Gasteiger partial charge in [0.25, 0.3) is 0 Å². The average Bonchev–Trinajstić information content (AvgIpc) is 2.99. The van der Waals surface area contributed by atoms with Crippen LogP contribution >= 0.6 is 24.0 Å². The van der Waals surface area contributed by atoms with Crippen LogP contribution in [0.2, 0.25) is 0 Å². The topological polar surface area (TPSA) is 48.9 Å². The van der Waals surface area contributed by atoms with E-state index in [2.05, 4.69) is 41.3 Å². The number of guanidine groups is 1. The molecule has 1 saturated carbocycles. The van der Waals surface area contributed by atoms with Crippen molar-refractivity contribution < 1.29 is 4.74 Å². The second-order valence-electron chi connectivity index (χ2n) is 8.12. The van der Waals surface area contributed by atoms with E-state index in [9.17, 15) is 0 Å². The maximum Gasteiger partial charge on any atom is 0.191 e. The molecule has 25 heavy (non-hydrogen) atoms. The van der Waals surface area contributed by atoms with Crippen LogP contribution in [0.5, 0.6) is 0 Å². The molecule has 0 aromatic rings. The molecule has 0 aromatic heterocycles. The number of hydrogen-bond donors (Lipinski definition) is 2. The Bertz CT molecular complexity index is 389. The van der Waals surface area contributed by atoms with E-state index in [1.54, 1.807) is 0 Å². The lowest BCUT2D eigenvalue weighted by atomic mass is 9.89. The smallest absolute Gasteiger partial charge is 0.191 e. The molecule has 0 atom stereocenters. The molecule has 1 heterocycles. The van der Waals surface area contributed by atoms with Crippen LogP contribution in [0.3, 0.4) is 0 Å². The summed E-state index contributed by atoms with van der Waals surface area (Å²) in [6.45, 7) is 11.8. The van der Waals surface area contributed by atoms with Crippen molar-refractivity contribution in [2.45, 2.75) is 71.4 Å². The second-order valence-corrected chi connectivity index (χ2v) is 8.12. The number of likely N-dealkylation sites (tertiary alicyclic amines) is 1. The van der Waals surface area contributed by atoms with Crippen LogP contribution in [-0.4, -0.2) is 62.8 Å². The lowest BCUT2D eigenvalue weighted by Gasteiger charge is -2.33. The number of nitrogens with zero attached hydrogens (tertiary/aromatic N) is 2. The van der Waals surface area contributed by atoms with Crippen LogP contribution in [0, 0.1) is 5.41 Å². The number of hydrogen-bond acceptors (Lipinski definition) is 3. The fourth-order valence-electron chi connectivity index (χ4n) is 3.81. The van der Waals surface area contributed by atoms with Crippen molar-refractivity contribution in [1.29, 1.82) is 0 Å². The van der Waals surface area contributed by atoms with Crippen LogP contribution in [0.25, 0.3) is 0 Å². The first-order valence-electron chi connectivity index (χ1n) is 9.82. The quantitative estimate of drug-likeness (QED) is 0.344. The monoisotopic (exact) mass is 466 g/mol. The van der Waals surface area contributed by atoms with Crippen LogP contribution in [0.1, 0.15) is 59.3 Å². The van der Waals surface area contributed by atoms with Crippen molar-refractivity contribution in [3.05, 3.63) is 0 Å². The highest BCUT2D eigenvalue weighted by molar-refractivity contribution is 14.0. The van der Waals surface area contributed by atoms with E-state index in [4.69, 9.17) is 4.74 Å². The molecule has 2 N–H and O–H groups in total. The first-order chi connectivity index (χ1) is 11.5. The van der Waals surface area contributed by atoms with Crippen LogP contribution in [-0.2, 0) is 4.74 Å². The molecule has 5 nitrogen and oxygen atoms in total. The molecule has 1 aliphatic heterocycles. The zero-order chi connectivity index (χ0) is 17.4. The molecule has 0 spiro atoms. The Morgan fingerprint density at radius 2 is 1.88 bits per heavy atom. The summed E-state index contributed by atoms with van der Waals surface area (Å²) in [6, 6.07) is 0.537. The Balaban J connectivity index is 0.00000312. The summed E-state index contributed by atoms with van der Waals surface area (Å²) in [4.78, 5) is 6.93. The predicted molar refractivity (Wildman–Crippen MR) is 117 cm³/mol. The van der Waals surface area contributed by atoms with Crippen LogP contribution < -0.4 is 10.6 Å². The molecule has 6 heteroatoms. The summed E-state index contributed by atoms with van der Waals surface area (Å²) in [6.07, 6.45) is 8.13. The van der Waals surface area contributed by atoms with E-state index >= 15 is 0 Å². The first kappa shape index (κ1) is 23.0. The molecule has 0 aromatic carbocycles. The fourth-order valence-corrected chi connectivity index (χ4v) is 3.81. The highest BCUT2D eigenvalue weighted by Gasteiger charge is 2.29. The van der Waals surface area contributed by atoms with Crippen molar-refractivity contribution >= 4 is 29.9 Å². The molecule has 0 radical (unpaired) electrons. The summed E-state index contributed by atoms with van der Waals surface area (Å²) in [5.74, 6) is 0.977. The van der Waals surface area contributed by atoms with E-state index in [-0.39, 0.29) is 24.0 Å². The van der Waals surface area contributed by atoms with Gasteiger partial charge in [0.15, 0.2) is 5.96 Å². The predicted octanol–water partition coefficient (Wildman–Crippen LogP) is 3.24. The second kappa shape index (κ2) is 11.6. The summed E-state index contributed by atoms with van der Waals surface area (Å²) < 4.78 is 5.66. The number of aliphatic imine (C=N–C) groups is 1. The standard InChI is InChI=1S/C19H38N4O.HI/c1-16(2)24-14-13-23-11-7-17(8-12-23)22-18(20-4)21-15-19(3)9-5-6-10-19;/h16-17H,5-15H2,1-4H3,(H2,20,21,22);1H. The average molecular weight is 466 g/mol. The Kier molecular flexibility index (Phi) is 10.6. The number of piperidine rings is 1. The summed E-state index contributed by atoms with van der Waals surface area (Å²) >= 11 is 0. The Morgan fingerprint density at radius 3 is 2.44 bits per heavy atom. The number of nitrogens with one attached hydrogen (secondary N) is 2. The Labute approximate surface area is 171 Å². The van der Waals surface area contributed by atoms with Crippen molar-refractivity contribution in [2.24, 2.45) is 10.4 Å². The molecule has 2 aliphatic rings. The van der Waals surface area contributed by atoms with Gasteiger partial charge in [-0.05, 0) is 44.9 Å². The third-order valence-electron chi connectivity index (χ3n) is 5.50. The molecule has 2 fully saturated rings. The molecule has 1 saturated heterocycles. The van der Waals surface area contributed by atoms with Gasteiger partial charge in [-0.3, -0.25) is 4.99 Å². The maximum atomic E-state index is 5.66. The zero-order valence-corrected chi connectivity index (χ0v) is 19.0. The van der Waals surface area contributed by atoms with Gasteiger partial charge in [-0.25, -0.2) is 0 Å². The van der Waals surface area contributed by atoms with Crippen molar-refractivity contribution in [3.8, 4) is 0 Å². The minimum atomic E-state index is 0. The van der Waals surface area contributed by atoms with Gasteiger partial charge in [0.05, 0.1) is 12.7 Å². The molecule has 1 aliphatic carbocycles. The van der Waals surface area contributed by atoms with Crippen molar-refractivity contribution in [1.82, 2.24) is 15.5 Å². The van der Waals surface area contributed by atoms with Gasteiger partial charge < -0.3 is 20.3 Å². The Hall–Kier alpha value is -0.0800. The van der Waals surface area contributed by atoms with E-state index in [1.165, 1.54) is 38.5 Å². The van der Waals surface area contributed by atoms with Gasteiger partial charge in [0.1, 0.15) is 0 Å². The molecular weight excluding hydrogens is 427 g/mol. The fraction of sp³-hybridized carbons (Fsp3) is 0.947. The van der Waals surface area contributed by atoms with Gasteiger partial charge in [-0.2, -0.15) is 0 Å². The molecule has 0 amide bonds. The van der Waals surface area contributed by atoms with E-state index in [0.717, 1.165) is 38.7 Å². The lowest BCUT2D eigenvalue weighted by molar-refractivity contribution is 0.0532. The van der Waals surface area contributed by atoms with Gasteiger partial charge in [-0.1, -0.05) is 19.8 Å². The Morgan fingerprint density at radius 1 is 1.24 bits per heavy atom. The van der Waals surface area contributed by atoms with Crippen LogP contribution in [0.4, 0.5) is 0 Å².